The van der Waals surface area contributed by atoms with E-state index >= 15 is 0 Å². The minimum atomic E-state index is -4.96. The summed E-state index contributed by atoms with van der Waals surface area (Å²) < 4.78 is 59.7. The molecule has 0 aliphatic carbocycles. The lowest BCUT2D eigenvalue weighted by atomic mass is 10.0. The van der Waals surface area contributed by atoms with Gasteiger partial charge in [-0.2, -0.15) is 4.39 Å². The van der Waals surface area contributed by atoms with Crippen molar-refractivity contribution >= 4 is 5.97 Å². The first-order chi connectivity index (χ1) is 10.3. The standard InChI is InChI=1S/C14H9F4NO3/c1-21-13(20)9-6-7-19-12(15)11(9)8-4-2-3-5-10(8)22-14(16,17)18/h2-7H,1H3. The molecule has 1 aromatic heterocycles. The number of ether oxygens (including phenoxy) is 2. The van der Waals surface area contributed by atoms with Gasteiger partial charge in [0, 0.05) is 11.8 Å². The van der Waals surface area contributed by atoms with Crippen LogP contribution in [0.2, 0.25) is 0 Å². The molecule has 0 saturated heterocycles. The Kier molecular flexibility index (Phi) is 4.30. The van der Waals surface area contributed by atoms with Gasteiger partial charge in [0.05, 0.1) is 18.2 Å². The third kappa shape index (κ3) is 3.33. The number of aromatic nitrogens is 1. The van der Waals surface area contributed by atoms with Crippen LogP contribution in [-0.4, -0.2) is 24.4 Å². The molecule has 0 bridgehead atoms. The molecule has 0 unspecified atom stereocenters. The van der Waals surface area contributed by atoms with E-state index in [9.17, 15) is 22.4 Å². The summed E-state index contributed by atoms with van der Waals surface area (Å²) in [6.07, 6.45) is -3.95. The number of esters is 1. The fraction of sp³-hybridized carbons (Fsp3) is 0.143. The molecular formula is C14H9F4NO3. The summed E-state index contributed by atoms with van der Waals surface area (Å²) in [5.41, 5.74) is -0.937. The van der Waals surface area contributed by atoms with Gasteiger partial charge in [0.2, 0.25) is 5.95 Å². The third-order valence-electron chi connectivity index (χ3n) is 2.69. The number of carbonyl (C=O) groups excluding carboxylic acids is 1. The second-order valence-corrected chi connectivity index (χ2v) is 4.06. The first kappa shape index (κ1) is 15.7. The highest BCUT2D eigenvalue weighted by Gasteiger charge is 2.33. The Morgan fingerprint density at radius 1 is 1.18 bits per heavy atom. The summed E-state index contributed by atoms with van der Waals surface area (Å²) in [7, 11) is 1.07. The number of hydrogen-bond donors (Lipinski definition) is 0. The van der Waals surface area contributed by atoms with Crippen LogP contribution in [0, 0.1) is 5.95 Å². The molecule has 0 atom stereocenters. The molecular weight excluding hydrogens is 306 g/mol. The van der Waals surface area contributed by atoms with Gasteiger partial charge < -0.3 is 9.47 Å². The molecule has 0 amide bonds. The summed E-state index contributed by atoms with van der Waals surface area (Å²) in [5.74, 6) is -2.66. The van der Waals surface area contributed by atoms with Crippen molar-refractivity contribution < 1.29 is 31.8 Å². The average Bonchev–Trinajstić information content (AvgIpc) is 2.45. The lowest BCUT2D eigenvalue weighted by Gasteiger charge is -2.15. The van der Waals surface area contributed by atoms with Crippen LogP contribution >= 0.6 is 0 Å². The van der Waals surface area contributed by atoms with Crippen LogP contribution in [0.4, 0.5) is 17.6 Å². The quantitative estimate of drug-likeness (QED) is 0.493. The van der Waals surface area contributed by atoms with Gasteiger partial charge in [-0.05, 0) is 12.1 Å². The fourth-order valence-corrected chi connectivity index (χ4v) is 1.86. The minimum absolute atomic E-state index is 0.256. The van der Waals surface area contributed by atoms with Gasteiger partial charge in [-0.1, -0.05) is 18.2 Å². The average molecular weight is 315 g/mol. The Morgan fingerprint density at radius 3 is 2.50 bits per heavy atom. The number of alkyl halides is 3. The maximum absolute atomic E-state index is 14.0. The van der Waals surface area contributed by atoms with Gasteiger partial charge in [0.1, 0.15) is 5.75 Å². The number of para-hydroxylation sites is 1. The lowest BCUT2D eigenvalue weighted by Crippen LogP contribution is -2.18. The van der Waals surface area contributed by atoms with Crippen LogP contribution in [0.5, 0.6) is 5.75 Å². The first-order valence-electron chi connectivity index (χ1n) is 5.91. The van der Waals surface area contributed by atoms with Crippen LogP contribution in [0.25, 0.3) is 11.1 Å². The Morgan fingerprint density at radius 2 is 1.86 bits per heavy atom. The monoisotopic (exact) mass is 315 g/mol. The van der Waals surface area contributed by atoms with E-state index < -0.39 is 29.6 Å². The van der Waals surface area contributed by atoms with Crippen molar-refractivity contribution in [2.24, 2.45) is 0 Å². The van der Waals surface area contributed by atoms with Gasteiger partial charge in [-0.25, -0.2) is 9.78 Å². The van der Waals surface area contributed by atoms with Crippen LogP contribution in [0.3, 0.4) is 0 Å². The van der Waals surface area contributed by atoms with Crippen LogP contribution in [0.15, 0.2) is 36.5 Å². The summed E-state index contributed by atoms with van der Waals surface area (Å²) >= 11 is 0. The predicted molar refractivity (Wildman–Crippen MR) is 67.7 cm³/mol. The number of nitrogens with zero attached hydrogens (tertiary/aromatic N) is 1. The van der Waals surface area contributed by atoms with Gasteiger partial charge in [-0.3, -0.25) is 0 Å². The van der Waals surface area contributed by atoms with E-state index in [4.69, 9.17) is 0 Å². The predicted octanol–water partition coefficient (Wildman–Crippen LogP) is 3.57. The Balaban J connectivity index is 2.65. The van der Waals surface area contributed by atoms with Crippen molar-refractivity contribution in [3.8, 4) is 16.9 Å². The van der Waals surface area contributed by atoms with Crippen molar-refractivity contribution in [3.63, 3.8) is 0 Å². The molecule has 0 aliphatic heterocycles. The zero-order chi connectivity index (χ0) is 16.3. The van der Waals surface area contributed by atoms with Gasteiger partial charge in [0.15, 0.2) is 0 Å². The summed E-state index contributed by atoms with van der Waals surface area (Å²) in [6, 6.07) is 6.02. The van der Waals surface area contributed by atoms with E-state index in [-0.39, 0.29) is 11.1 Å². The second-order valence-electron chi connectivity index (χ2n) is 4.06. The van der Waals surface area contributed by atoms with E-state index in [2.05, 4.69) is 14.5 Å². The number of rotatable bonds is 3. The van der Waals surface area contributed by atoms with Crippen LogP contribution in [-0.2, 0) is 4.74 Å². The highest BCUT2D eigenvalue weighted by Crippen LogP contribution is 2.36. The van der Waals surface area contributed by atoms with E-state index in [1.165, 1.54) is 18.2 Å². The Bertz CT molecular complexity index is 701. The molecule has 1 aromatic carbocycles. The van der Waals surface area contributed by atoms with E-state index in [1.807, 2.05) is 0 Å². The molecule has 4 nitrogen and oxygen atoms in total. The topological polar surface area (TPSA) is 48.4 Å². The summed E-state index contributed by atoms with van der Waals surface area (Å²) in [6.45, 7) is 0. The molecule has 22 heavy (non-hydrogen) atoms. The smallest absolute Gasteiger partial charge is 0.465 e. The molecule has 116 valence electrons. The van der Waals surface area contributed by atoms with Crippen molar-refractivity contribution in [3.05, 3.63) is 48.0 Å². The van der Waals surface area contributed by atoms with E-state index in [0.29, 0.717) is 0 Å². The highest BCUT2D eigenvalue weighted by molar-refractivity contribution is 5.97. The normalized spacial score (nSPS) is 11.1. The third-order valence-corrected chi connectivity index (χ3v) is 2.69. The largest absolute Gasteiger partial charge is 0.573 e. The molecule has 2 aromatic rings. The minimum Gasteiger partial charge on any atom is -0.465 e. The van der Waals surface area contributed by atoms with Gasteiger partial charge in [-0.15, -0.1) is 13.2 Å². The summed E-state index contributed by atoms with van der Waals surface area (Å²) in [5, 5.41) is 0. The van der Waals surface area contributed by atoms with Crippen molar-refractivity contribution in [1.82, 2.24) is 4.98 Å². The molecule has 0 fully saturated rings. The number of halogens is 4. The number of hydrogen-bond acceptors (Lipinski definition) is 4. The highest BCUT2D eigenvalue weighted by atomic mass is 19.4. The van der Waals surface area contributed by atoms with Crippen molar-refractivity contribution in [2.45, 2.75) is 6.36 Å². The molecule has 8 heteroatoms. The molecule has 1 heterocycles. The SMILES string of the molecule is COC(=O)c1ccnc(F)c1-c1ccccc1OC(F)(F)F. The Hall–Kier alpha value is -2.64. The van der Waals surface area contributed by atoms with E-state index in [0.717, 1.165) is 25.4 Å². The van der Waals surface area contributed by atoms with Gasteiger partial charge in [0.25, 0.3) is 0 Å². The molecule has 0 N–H and O–H groups in total. The maximum atomic E-state index is 14.0. The number of benzene rings is 1. The van der Waals surface area contributed by atoms with Gasteiger partial charge >= 0.3 is 12.3 Å². The van der Waals surface area contributed by atoms with Crippen LogP contribution in [0.1, 0.15) is 10.4 Å². The molecule has 0 saturated carbocycles. The molecule has 0 radical (unpaired) electrons. The molecule has 0 spiro atoms. The van der Waals surface area contributed by atoms with Crippen molar-refractivity contribution in [1.29, 1.82) is 0 Å². The van der Waals surface area contributed by atoms with Crippen LogP contribution < -0.4 is 4.74 Å². The molecule has 2 rings (SSSR count). The second kappa shape index (κ2) is 6.00. The first-order valence-corrected chi connectivity index (χ1v) is 5.91. The zero-order valence-electron chi connectivity index (χ0n) is 11.1. The number of carbonyl (C=O) groups is 1. The maximum Gasteiger partial charge on any atom is 0.573 e. The molecule has 0 aliphatic rings. The zero-order valence-corrected chi connectivity index (χ0v) is 11.1. The Labute approximate surface area is 122 Å². The lowest BCUT2D eigenvalue weighted by molar-refractivity contribution is -0.274. The fourth-order valence-electron chi connectivity index (χ4n) is 1.86. The summed E-state index contributed by atoms with van der Waals surface area (Å²) in [4.78, 5) is 15.0. The number of pyridine rings is 1. The number of methoxy groups -OCH3 is 1. The van der Waals surface area contributed by atoms with E-state index in [1.54, 1.807) is 0 Å². The van der Waals surface area contributed by atoms with Crippen molar-refractivity contribution in [2.75, 3.05) is 7.11 Å².